The maximum absolute atomic E-state index is 14.2. The lowest BCUT2D eigenvalue weighted by molar-refractivity contribution is -0.140. The van der Waals surface area contributed by atoms with Crippen molar-refractivity contribution in [1.29, 1.82) is 0 Å². The zero-order valence-corrected chi connectivity index (χ0v) is 26.6. The average Bonchev–Trinajstić information content (AvgIpc) is 3.47. The zero-order chi connectivity index (χ0) is 30.4. The van der Waals surface area contributed by atoms with Crippen molar-refractivity contribution >= 4 is 62.3 Å². The number of sulfonamides is 1. The van der Waals surface area contributed by atoms with E-state index < -0.39 is 28.5 Å². The number of rotatable bonds is 11. The van der Waals surface area contributed by atoms with Crippen LogP contribution in [-0.4, -0.2) is 43.8 Å². The minimum absolute atomic E-state index is 0.0331. The standard InChI is InChI=1S/C31H34Cl3N3O4S/c1-3-29(31(39)35-24-6-4-5-7-24)36(19-22-10-17-27(33)28(34)18-22)30(38)20-37(25-13-11-23(32)12-14-25)42(40,41)26-15-8-21(2)9-16-26/h8-18,24,29H,3-7,19-20H2,1-2H3,(H,35,39)/t29-/m0/s1. The molecule has 3 aromatic rings. The van der Waals surface area contributed by atoms with E-state index >= 15 is 0 Å². The van der Waals surface area contributed by atoms with E-state index in [2.05, 4.69) is 5.32 Å². The molecule has 0 bridgehead atoms. The van der Waals surface area contributed by atoms with Crippen LogP contribution in [0.1, 0.15) is 50.2 Å². The maximum atomic E-state index is 14.2. The number of amides is 2. The SMILES string of the molecule is CC[C@@H](C(=O)NC1CCCC1)N(Cc1ccc(Cl)c(Cl)c1)C(=O)CN(c1ccc(Cl)cc1)S(=O)(=O)c1ccc(C)cc1. The molecule has 1 saturated carbocycles. The molecule has 0 aromatic heterocycles. The Morgan fingerprint density at radius 1 is 0.929 bits per heavy atom. The molecule has 224 valence electrons. The van der Waals surface area contributed by atoms with Gasteiger partial charge in [-0.1, -0.05) is 78.3 Å². The van der Waals surface area contributed by atoms with Crippen LogP contribution >= 0.6 is 34.8 Å². The fraction of sp³-hybridized carbons (Fsp3) is 0.355. The highest BCUT2D eigenvalue weighted by atomic mass is 35.5. The number of halogens is 3. The van der Waals surface area contributed by atoms with Crippen LogP contribution < -0.4 is 9.62 Å². The minimum Gasteiger partial charge on any atom is -0.352 e. The number of anilines is 1. The number of aryl methyl sites for hydroxylation is 1. The third kappa shape index (κ3) is 7.78. The highest BCUT2D eigenvalue weighted by Gasteiger charge is 2.34. The molecule has 42 heavy (non-hydrogen) atoms. The molecule has 1 aliphatic carbocycles. The molecule has 3 aromatic carbocycles. The Labute approximate surface area is 262 Å². The number of carbonyl (C=O) groups excluding carboxylic acids is 2. The summed E-state index contributed by atoms with van der Waals surface area (Å²) >= 11 is 18.5. The Balaban J connectivity index is 1.72. The van der Waals surface area contributed by atoms with Gasteiger partial charge >= 0.3 is 0 Å². The summed E-state index contributed by atoms with van der Waals surface area (Å²) < 4.78 is 28.9. The molecular weight excluding hydrogens is 617 g/mol. The van der Waals surface area contributed by atoms with Crippen molar-refractivity contribution in [3.63, 3.8) is 0 Å². The molecule has 2 amide bonds. The lowest BCUT2D eigenvalue weighted by Gasteiger charge is -2.34. The number of hydrogen-bond acceptors (Lipinski definition) is 4. The van der Waals surface area contributed by atoms with Gasteiger partial charge in [-0.05, 0) is 80.3 Å². The van der Waals surface area contributed by atoms with Crippen LogP contribution in [0.25, 0.3) is 0 Å². The fourth-order valence-electron chi connectivity index (χ4n) is 5.10. The second-order valence-electron chi connectivity index (χ2n) is 10.5. The first-order valence-corrected chi connectivity index (χ1v) is 16.5. The summed E-state index contributed by atoms with van der Waals surface area (Å²) in [5.74, 6) is -0.808. The normalized spacial score (nSPS) is 14.4. The predicted octanol–water partition coefficient (Wildman–Crippen LogP) is 7.02. The highest BCUT2D eigenvalue weighted by Crippen LogP contribution is 2.28. The van der Waals surface area contributed by atoms with Gasteiger partial charge in [0.1, 0.15) is 12.6 Å². The van der Waals surface area contributed by atoms with Crippen molar-refractivity contribution in [2.24, 2.45) is 0 Å². The van der Waals surface area contributed by atoms with Crippen LogP contribution in [0.5, 0.6) is 0 Å². The average molecular weight is 651 g/mol. The summed E-state index contributed by atoms with van der Waals surface area (Å²) in [6, 6.07) is 16.9. The molecule has 1 fully saturated rings. The van der Waals surface area contributed by atoms with Gasteiger partial charge in [0.05, 0.1) is 20.6 Å². The Bertz CT molecular complexity index is 1510. The maximum Gasteiger partial charge on any atom is 0.264 e. The van der Waals surface area contributed by atoms with Gasteiger partial charge in [0.25, 0.3) is 10.0 Å². The number of nitrogens with zero attached hydrogens (tertiary/aromatic N) is 2. The van der Waals surface area contributed by atoms with Gasteiger partial charge in [-0.3, -0.25) is 13.9 Å². The molecule has 0 aliphatic heterocycles. The largest absolute Gasteiger partial charge is 0.352 e. The number of nitrogens with one attached hydrogen (secondary N) is 1. The quantitative estimate of drug-likeness (QED) is 0.242. The van der Waals surface area contributed by atoms with E-state index in [4.69, 9.17) is 34.8 Å². The molecule has 0 unspecified atom stereocenters. The van der Waals surface area contributed by atoms with Crippen molar-refractivity contribution in [3.8, 4) is 0 Å². The van der Waals surface area contributed by atoms with Crippen LogP contribution in [0.15, 0.2) is 71.6 Å². The van der Waals surface area contributed by atoms with Gasteiger partial charge in [0.15, 0.2) is 0 Å². The van der Waals surface area contributed by atoms with Crippen LogP contribution in [-0.2, 0) is 26.2 Å². The molecule has 1 N–H and O–H groups in total. The molecule has 0 spiro atoms. The van der Waals surface area contributed by atoms with E-state index in [9.17, 15) is 18.0 Å². The van der Waals surface area contributed by atoms with E-state index in [0.29, 0.717) is 27.1 Å². The van der Waals surface area contributed by atoms with E-state index in [0.717, 1.165) is 35.6 Å². The molecule has 0 radical (unpaired) electrons. The van der Waals surface area contributed by atoms with Crippen LogP contribution in [0, 0.1) is 6.92 Å². The summed E-state index contributed by atoms with van der Waals surface area (Å²) in [4.78, 5) is 29.2. The smallest absolute Gasteiger partial charge is 0.264 e. The Kier molecular flexibility index (Phi) is 10.8. The topological polar surface area (TPSA) is 86.8 Å². The summed E-state index contributed by atoms with van der Waals surface area (Å²) in [5.41, 5.74) is 1.82. The summed E-state index contributed by atoms with van der Waals surface area (Å²) in [6.45, 7) is 3.19. The molecule has 1 atom stereocenters. The van der Waals surface area contributed by atoms with Crippen molar-refractivity contribution in [2.45, 2.75) is 69.5 Å². The molecule has 7 nitrogen and oxygen atoms in total. The van der Waals surface area contributed by atoms with Crippen LogP contribution in [0.4, 0.5) is 5.69 Å². The van der Waals surface area contributed by atoms with Crippen LogP contribution in [0.2, 0.25) is 15.1 Å². The molecule has 0 saturated heterocycles. The lowest BCUT2D eigenvalue weighted by Crippen LogP contribution is -2.53. The van der Waals surface area contributed by atoms with Crippen molar-refractivity contribution in [1.82, 2.24) is 10.2 Å². The number of benzene rings is 3. The van der Waals surface area contributed by atoms with Crippen LogP contribution in [0.3, 0.4) is 0 Å². The Morgan fingerprint density at radius 3 is 2.17 bits per heavy atom. The Hall–Kier alpha value is -2.78. The van der Waals surface area contributed by atoms with Gasteiger partial charge in [0.2, 0.25) is 11.8 Å². The predicted molar refractivity (Wildman–Crippen MR) is 169 cm³/mol. The number of carbonyl (C=O) groups is 2. The second kappa shape index (κ2) is 14.1. The first kappa shape index (κ1) is 32.1. The van der Waals surface area contributed by atoms with Crippen molar-refractivity contribution in [2.75, 3.05) is 10.8 Å². The van der Waals surface area contributed by atoms with E-state index in [1.807, 2.05) is 13.8 Å². The van der Waals surface area contributed by atoms with Gasteiger partial charge in [-0.15, -0.1) is 0 Å². The first-order valence-electron chi connectivity index (χ1n) is 13.9. The van der Waals surface area contributed by atoms with Gasteiger partial charge < -0.3 is 10.2 Å². The fourth-order valence-corrected chi connectivity index (χ4v) is 6.96. The summed E-state index contributed by atoms with van der Waals surface area (Å²) in [7, 11) is -4.17. The molecular formula is C31H34Cl3N3O4S. The molecule has 4 rings (SSSR count). The monoisotopic (exact) mass is 649 g/mol. The highest BCUT2D eigenvalue weighted by molar-refractivity contribution is 7.92. The second-order valence-corrected chi connectivity index (χ2v) is 13.6. The van der Waals surface area contributed by atoms with Gasteiger partial charge in [0, 0.05) is 17.6 Å². The lowest BCUT2D eigenvalue weighted by atomic mass is 10.1. The van der Waals surface area contributed by atoms with Gasteiger partial charge in [-0.2, -0.15) is 0 Å². The first-order chi connectivity index (χ1) is 20.0. The van der Waals surface area contributed by atoms with E-state index in [1.165, 1.54) is 17.0 Å². The summed E-state index contributed by atoms with van der Waals surface area (Å²) in [6.07, 6.45) is 4.20. The van der Waals surface area contributed by atoms with E-state index in [1.54, 1.807) is 54.6 Å². The third-order valence-corrected chi connectivity index (χ3v) is 10.2. The van der Waals surface area contributed by atoms with E-state index in [-0.39, 0.29) is 29.1 Å². The third-order valence-electron chi connectivity index (χ3n) is 7.43. The minimum atomic E-state index is -4.17. The van der Waals surface area contributed by atoms with Crippen molar-refractivity contribution < 1.29 is 18.0 Å². The molecule has 0 heterocycles. The molecule has 1 aliphatic rings. The van der Waals surface area contributed by atoms with Crippen molar-refractivity contribution in [3.05, 3.63) is 92.9 Å². The molecule has 11 heteroatoms. The summed E-state index contributed by atoms with van der Waals surface area (Å²) in [5, 5.41) is 4.20. The zero-order valence-electron chi connectivity index (χ0n) is 23.5. The number of hydrogen-bond donors (Lipinski definition) is 1. The Morgan fingerprint density at radius 2 is 1.57 bits per heavy atom. The van der Waals surface area contributed by atoms with Gasteiger partial charge in [-0.25, -0.2) is 8.42 Å².